The molecule has 0 spiro atoms. The number of rotatable bonds is 2. The molecule has 0 aliphatic carbocycles. The lowest BCUT2D eigenvalue weighted by Crippen LogP contribution is -2.45. The first-order valence-electron chi connectivity index (χ1n) is 8.82. The van der Waals surface area contributed by atoms with Crippen LogP contribution in [0.15, 0.2) is 18.2 Å². The normalized spacial score (nSPS) is 20.0. The van der Waals surface area contributed by atoms with Gasteiger partial charge in [-0.15, -0.1) is 0 Å². The second kappa shape index (κ2) is 7.44. The summed E-state index contributed by atoms with van der Waals surface area (Å²) in [5.41, 5.74) is 1.54. The molecule has 2 aliphatic rings. The number of anilines is 1. The molecule has 1 amide bonds. The van der Waals surface area contributed by atoms with E-state index in [4.69, 9.17) is 16.9 Å². The fourth-order valence-corrected chi connectivity index (χ4v) is 3.88. The van der Waals surface area contributed by atoms with Crippen LogP contribution in [-0.4, -0.2) is 37.0 Å². The molecule has 5 heteroatoms. The predicted octanol–water partition coefficient (Wildman–Crippen LogP) is 3.69. The van der Waals surface area contributed by atoms with Crippen LogP contribution in [0.2, 0.25) is 5.02 Å². The maximum absolute atomic E-state index is 12.7. The number of hydrogen-bond acceptors (Lipinski definition) is 3. The number of likely N-dealkylation sites (tertiary alicyclic amines) is 1. The van der Waals surface area contributed by atoms with Crippen LogP contribution in [0.4, 0.5) is 5.69 Å². The number of nitrogens with zero attached hydrogens (tertiary/aromatic N) is 3. The molecular weight excluding hydrogens is 322 g/mol. The molecule has 1 aromatic carbocycles. The molecule has 1 aromatic rings. The number of carbonyl (C=O) groups excluding carboxylic acids is 1. The molecule has 24 heavy (non-hydrogen) atoms. The van der Waals surface area contributed by atoms with Crippen molar-refractivity contribution in [2.75, 3.05) is 31.1 Å². The van der Waals surface area contributed by atoms with E-state index in [1.54, 1.807) is 6.07 Å². The zero-order chi connectivity index (χ0) is 17.1. The molecule has 0 radical (unpaired) electrons. The number of carbonyl (C=O) groups is 1. The number of hydrogen-bond donors (Lipinski definition) is 0. The minimum absolute atomic E-state index is 0.156. The summed E-state index contributed by atoms with van der Waals surface area (Å²) in [4.78, 5) is 17.0. The maximum atomic E-state index is 12.7. The van der Waals surface area contributed by atoms with Gasteiger partial charge in [-0.05, 0) is 49.8 Å². The average molecular weight is 346 g/mol. The van der Waals surface area contributed by atoms with E-state index in [0.29, 0.717) is 16.5 Å². The number of halogens is 1. The Morgan fingerprint density at radius 3 is 2.42 bits per heavy atom. The van der Waals surface area contributed by atoms with Crippen molar-refractivity contribution >= 4 is 23.2 Å². The van der Waals surface area contributed by atoms with Gasteiger partial charge in [0.2, 0.25) is 5.91 Å². The van der Waals surface area contributed by atoms with Gasteiger partial charge in [0.25, 0.3) is 0 Å². The molecule has 0 aromatic heterocycles. The average Bonchev–Trinajstić information content (AvgIpc) is 2.62. The molecule has 0 atom stereocenters. The summed E-state index contributed by atoms with van der Waals surface area (Å²) >= 11 is 6.13. The van der Waals surface area contributed by atoms with Crippen LogP contribution in [-0.2, 0) is 4.79 Å². The van der Waals surface area contributed by atoms with Crippen LogP contribution < -0.4 is 4.90 Å². The monoisotopic (exact) mass is 345 g/mol. The number of piperidine rings is 2. The molecule has 0 unspecified atom stereocenters. The Labute approximate surface area is 149 Å². The van der Waals surface area contributed by atoms with Gasteiger partial charge in [0.1, 0.15) is 6.07 Å². The van der Waals surface area contributed by atoms with Crippen molar-refractivity contribution in [3.8, 4) is 6.07 Å². The molecule has 0 saturated carbocycles. The molecule has 3 rings (SSSR count). The van der Waals surface area contributed by atoms with E-state index >= 15 is 0 Å². The topological polar surface area (TPSA) is 47.3 Å². The molecule has 0 bridgehead atoms. The van der Waals surface area contributed by atoms with Gasteiger partial charge in [0, 0.05) is 37.8 Å². The lowest BCUT2D eigenvalue weighted by atomic mass is 9.92. The smallest absolute Gasteiger partial charge is 0.225 e. The van der Waals surface area contributed by atoms with E-state index in [-0.39, 0.29) is 5.92 Å². The SMILES string of the molecule is CC1CCN(C(=O)C2CCN(c3ccc(C#N)c(Cl)c3)CC2)CC1. The minimum Gasteiger partial charge on any atom is -0.371 e. The first-order chi connectivity index (χ1) is 11.6. The number of nitriles is 1. The Kier molecular flexibility index (Phi) is 5.30. The third-order valence-corrected chi connectivity index (χ3v) is 5.69. The highest BCUT2D eigenvalue weighted by Gasteiger charge is 2.30. The van der Waals surface area contributed by atoms with E-state index < -0.39 is 0 Å². The van der Waals surface area contributed by atoms with Crippen molar-refractivity contribution in [3.05, 3.63) is 28.8 Å². The van der Waals surface area contributed by atoms with E-state index in [0.717, 1.165) is 63.5 Å². The van der Waals surface area contributed by atoms with Gasteiger partial charge in [0.15, 0.2) is 0 Å². The second-order valence-corrected chi connectivity index (χ2v) is 7.45. The summed E-state index contributed by atoms with van der Waals surface area (Å²) in [5.74, 6) is 1.25. The molecule has 2 saturated heterocycles. The van der Waals surface area contributed by atoms with Gasteiger partial charge in [-0.25, -0.2) is 0 Å². The van der Waals surface area contributed by atoms with Crippen LogP contribution in [0.3, 0.4) is 0 Å². The van der Waals surface area contributed by atoms with Crippen molar-refractivity contribution in [1.82, 2.24) is 4.90 Å². The molecule has 2 aliphatic heterocycles. The Morgan fingerprint density at radius 2 is 1.83 bits per heavy atom. The van der Waals surface area contributed by atoms with Crippen LogP contribution in [0.25, 0.3) is 0 Å². The highest BCUT2D eigenvalue weighted by atomic mass is 35.5. The fourth-order valence-electron chi connectivity index (χ4n) is 3.66. The summed E-state index contributed by atoms with van der Waals surface area (Å²) in [6.07, 6.45) is 4.05. The van der Waals surface area contributed by atoms with Gasteiger partial charge < -0.3 is 9.80 Å². The number of benzene rings is 1. The minimum atomic E-state index is 0.156. The molecule has 4 nitrogen and oxygen atoms in total. The molecule has 2 heterocycles. The maximum Gasteiger partial charge on any atom is 0.225 e. The largest absolute Gasteiger partial charge is 0.371 e. The third-order valence-electron chi connectivity index (χ3n) is 5.38. The van der Waals surface area contributed by atoms with E-state index in [1.807, 2.05) is 12.1 Å². The summed E-state index contributed by atoms with van der Waals surface area (Å²) < 4.78 is 0. The van der Waals surface area contributed by atoms with Crippen molar-refractivity contribution in [2.24, 2.45) is 11.8 Å². The first kappa shape index (κ1) is 17.1. The van der Waals surface area contributed by atoms with Crippen molar-refractivity contribution in [3.63, 3.8) is 0 Å². The lowest BCUT2D eigenvalue weighted by Gasteiger charge is -2.37. The zero-order valence-electron chi connectivity index (χ0n) is 14.2. The van der Waals surface area contributed by atoms with Gasteiger partial charge >= 0.3 is 0 Å². The van der Waals surface area contributed by atoms with E-state index in [9.17, 15) is 4.79 Å². The number of amides is 1. The van der Waals surface area contributed by atoms with E-state index in [2.05, 4.69) is 22.8 Å². The van der Waals surface area contributed by atoms with Gasteiger partial charge in [-0.3, -0.25) is 4.79 Å². The van der Waals surface area contributed by atoms with Crippen LogP contribution in [0.1, 0.15) is 38.2 Å². The second-order valence-electron chi connectivity index (χ2n) is 7.05. The molecule has 128 valence electrons. The fraction of sp³-hybridized carbons (Fsp3) is 0.579. The highest BCUT2D eigenvalue weighted by molar-refractivity contribution is 6.32. The Bertz CT molecular complexity index is 639. The van der Waals surface area contributed by atoms with Crippen LogP contribution in [0.5, 0.6) is 0 Å². The summed E-state index contributed by atoms with van der Waals surface area (Å²) in [6, 6.07) is 7.65. The lowest BCUT2D eigenvalue weighted by molar-refractivity contribution is -0.137. The summed E-state index contributed by atoms with van der Waals surface area (Å²) in [6.45, 7) is 5.84. The molecule has 0 N–H and O–H groups in total. The molecular formula is C19H24ClN3O. The van der Waals surface area contributed by atoms with Crippen molar-refractivity contribution in [2.45, 2.75) is 32.6 Å². The Hall–Kier alpha value is -1.73. The van der Waals surface area contributed by atoms with Crippen LogP contribution in [0, 0.1) is 23.2 Å². The van der Waals surface area contributed by atoms with Gasteiger partial charge in [-0.1, -0.05) is 18.5 Å². The standard InChI is InChI=1S/C19H24ClN3O/c1-14-4-8-23(9-5-14)19(24)15-6-10-22(11-7-15)17-3-2-16(13-21)18(20)12-17/h2-3,12,14-15H,4-11H2,1H3. The van der Waals surface area contributed by atoms with Gasteiger partial charge in [-0.2, -0.15) is 5.26 Å². The van der Waals surface area contributed by atoms with Crippen molar-refractivity contribution < 1.29 is 4.79 Å². The Balaban J connectivity index is 1.57. The highest BCUT2D eigenvalue weighted by Crippen LogP contribution is 2.29. The van der Waals surface area contributed by atoms with Crippen molar-refractivity contribution in [1.29, 1.82) is 5.26 Å². The summed E-state index contributed by atoms with van der Waals surface area (Å²) in [7, 11) is 0. The Morgan fingerprint density at radius 1 is 1.17 bits per heavy atom. The third kappa shape index (κ3) is 3.67. The van der Waals surface area contributed by atoms with E-state index in [1.165, 1.54) is 0 Å². The quantitative estimate of drug-likeness (QED) is 0.821. The first-order valence-corrected chi connectivity index (χ1v) is 9.19. The van der Waals surface area contributed by atoms with Crippen LogP contribution >= 0.6 is 11.6 Å². The molecule has 2 fully saturated rings. The van der Waals surface area contributed by atoms with Gasteiger partial charge in [0.05, 0.1) is 10.6 Å². The zero-order valence-corrected chi connectivity index (χ0v) is 14.9. The summed E-state index contributed by atoms with van der Waals surface area (Å²) in [5, 5.41) is 9.46. The predicted molar refractivity (Wildman–Crippen MR) is 96.1 cm³/mol.